The van der Waals surface area contributed by atoms with E-state index in [9.17, 15) is 0 Å². The second-order valence-electron chi connectivity index (χ2n) is 5.31. The van der Waals surface area contributed by atoms with Gasteiger partial charge in [0.1, 0.15) is 0 Å². The first-order valence-corrected chi connectivity index (χ1v) is 10.6. The van der Waals surface area contributed by atoms with Gasteiger partial charge >= 0.3 is 0 Å². The van der Waals surface area contributed by atoms with Crippen LogP contribution in [0.2, 0.25) is 0 Å². The summed E-state index contributed by atoms with van der Waals surface area (Å²) in [6.07, 6.45) is 10.3. The fourth-order valence-corrected chi connectivity index (χ4v) is 5.38. The largest absolute Gasteiger partial charge is 0.313 e. The lowest BCUT2D eigenvalue weighted by Gasteiger charge is -2.30. The van der Waals surface area contributed by atoms with Crippen molar-refractivity contribution in [3.63, 3.8) is 0 Å². The molecule has 1 aromatic rings. The summed E-state index contributed by atoms with van der Waals surface area (Å²) in [5.74, 6) is 1.99. The zero-order valence-corrected chi connectivity index (χ0v) is 14.9. The van der Waals surface area contributed by atoms with Gasteiger partial charge < -0.3 is 5.32 Å². The van der Waals surface area contributed by atoms with Crippen molar-refractivity contribution in [1.82, 2.24) is 15.5 Å². The number of hydrogen-bond donors (Lipinski definition) is 1. The lowest BCUT2D eigenvalue weighted by molar-refractivity contribution is 0.285. The highest BCUT2D eigenvalue weighted by Crippen LogP contribution is 2.32. The van der Waals surface area contributed by atoms with Crippen molar-refractivity contribution in [1.29, 1.82) is 0 Å². The SMILES string of the molecule is CCCNC(CSc1nnc(SC)s1)C1CCCCC1. The number of hydrogen-bond acceptors (Lipinski definition) is 6. The number of thioether (sulfide) groups is 2. The van der Waals surface area contributed by atoms with Gasteiger partial charge in [0, 0.05) is 11.8 Å². The van der Waals surface area contributed by atoms with Gasteiger partial charge in [-0.3, -0.25) is 0 Å². The summed E-state index contributed by atoms with van der Waals surface area (Å²) < 4.78 is 2.19. The highest BCUT2D eigenvalue weighted by Gasteiger charge is 2.23. The van der Waals surface area contributed by atoms with Gasteiger partial charge in [0.25, 0.3) is 0 Å². The Hall–Kier alpha value is 0.220. The first kappa shape index (κ1) is 16.6. The Kier molecular flexibility index (Phi) is 7.70. The zero-order chi connectivity index (χ0) is 14.2. The van der Waals surface area contributed by atoms with Crippen molar-refractivity contribution in [3.8, 4) is 0 Å². The fraction of sp³-hybridized carbons (Fsp3) is 0.857. The fourth-order valence-electron chi connectivity index (χ4n) is 2.73. The molecule has 1 unspecified atom stereocenters. The molecule has 1 aromatic heterocycles. The van der Waals surface area contributed by atoms with Gasteiger partial charge in [-0.15, -0.1) is 10.2 Å². The zero-order valence-electron chi connectivity index (χ0n) is 12.4. The molecule has 0 amide bonds. The van der Waals surface area contributed by atoms with E-state index in [1.54, 1.807) is 23.1 Å². The van der Waals surface area contributed by atoms with Gasteiger partial charge in [-0.1, -0.05) is 61.0 Å². The molecule has 20 heavy (non-hydrogen) atoms. The van der Waals surface area contributed by atoms with Crippen molar-refractivity contribution in [2.24, 2.45) is 5.92 Å². The molecule has 0 radical (unpaired) electrons. The van der Waals surface area contributed by atoms with Gasteiger partial charge in [0.2, 0.25) is 0 Å². The molecule has 1 heterocycles. The standard InChI is InChI=1S/C14H25N3S3/c1-3-9-15-12(11-7-5-4-6-8-11)10-19-14-17-16-13(18-2)20-14/h11-12,15H,3-10H2,1-2H3. The Balaban J connectivity index is 1.85. The van der Waals surface area contributed by atoms with Crippen LogP contribution in [0.25, 0.3) is 0 Å². The maximum atomic E-state index is 4.27. The number of nitrogens with one attached hydrogen (secondary N) is 1. The van der Waals surface area contributed by atoms with E-state index in [1.165, 1.54) is 38.5 Å². The minimum atomic E-state index is 0.641. The van der Waals surface area contributed by atoms with Crippen LogP contribution in [0.15, 0.2) is 8.68 Å². The highest BCUT2D eigenvalue weighted by molar-refractivity contribution is 8.03. The molecule has 1 N–H and O–H groups in total. The van der Waals surface area contributed by atoms with Gasteiger partial charge in [-0.25, -0.2) is 0 Å². The van der Waals surface area contributed by atoms with E-state index in [0.717, 1.165) is 26.9 Å². The van der Waals surface area contributed by atoms with Crippen molar-refractivity contribution < 1.29 is 0 Å². The van der Waals surface area contributed by atoms with Crippen LogP contribution in [0.1, 0.15) is 45.4 Å². The van der Waals surface area contributed by atoms with Crippen LogP contribution in [0, 0.1) is 5.92 Å². The summed E-state index contributed by atoms with van der Waals surface area (Å²) in [4.78, 5) is 0. The first-order chi connectivity index (χ1) is 9.83. The Morgan fingerprint density at radius 2 is 2.00 bits per heavy atom. The van der Waals surface area contributed by atoms with E-state index in [-0.39, 0.29) is 0 Å². The molecule has 1 fully saturated rings. The molecule has 0 aromatic carbocycles. The predicted molar refractivity (Wildman–Crippen MR) is 91.1 cm³/mol. The summed E-state index contributed by atoms with van der Waals surface area (Å²) in [5.41, 5.74) is 0. The van der Waals surface area contributed by atoms with Crippen molar-refractivity contribution in [2.75, 3.05) is 18.6 Å². The summed E-state index contributed by atoms with van der Waals surface area (Å²) in [6, 6.07) is 0.641. The Morgan fingerprint density at radius 1 is 1.25 bits per heavy atom. The molecular formula is C14H25N3S3. The monoisotopic (exact) mass is 331 g/mol. The van der Waals surface area contributed by atoms with Crippen LogP contribution < -0.4 is 5.32 Å². The molecule has 1 aliphatic carbocycles. The molecule has 0 saturated heterocycles. The molecule has 0 spiro atoms. The molecule has 1 aliphatic rings. The Morgan fingerprint density at radius 3 is 2.65 bits per heavy atom. The van der Waals surface area contributed by atoms with Gasteiger partial charge in [-0.2, -0.15) is 0 Å². The van der Waals surface area contributed by atoms with Crippen molar-refractivity contribution in [2.45, 2.75) is 60.2 Å². The van der Waals surface area contributed by atoms with E-state index in [2.05, 4.69) is 28.7 Å². The van der Waals surface area contributed by atoms with Crippen molar-refractivity contribution >= 4 is 34.9 Å². The molecule has 6 heteroatoms. The topological polar surface area (TPSA) is 37.8 Å². The van der Waals surface area contributed by atoms with E-state index < -0.39 is 0 Å². The minimum absolute atomic E-state index is 0.641. The molecule has 2 rings (SSSR count). The molecule has 0 aliphatic heterocycles. The van der Waals surface area contributed by atoms with Gasteiger partial charge in [-0.05, 0) is 38.0 Å². The number of aromatic nitrogens is 2. The lowest BCUT2D eigenvalue weighted by atomic mass is 9.84. The lowest BCUT2D eigenvalue weighted by Crippen LogP contribution is -2.39. The van der Waals surface area contributed by atoms with Crippen molar-refractivity contribution in [3.05, 3.63) is 0 Å². The number of rotatable bonds is 8. The van der Waals surface area contributed by atoms with Gasteiger partial charge in [0.05, 0.1) is 0 Å². The molecule has 3 nitrogen and oxygen atoms in total. The minimum Gasteiger partial charge on any atom is -0.313 e. The third kappa shape index (κ3) is 5.20. The summed E-state index contributed by atoms with van der Waals surface area (Å²) in [5, 5.41) is 12.2. The quantitative estimate of drug-likeness (QED) is 0.719. The average Bonchev–Trinajstić information content (AvgIpc) is 2.96. The second kappa shape index (κ2) is 9.28. The van der Waals surface area contributed by atoms with E-state index in [1.807, 2.05) is 11.8 Å². The third-order valence-electron chi connectivity index (χ3n) is 3.82. The molecule has 0 bridgehead atoms. The molecule has 1 saturated carbocycles. The Bertz CT molecular complexity index is 377. The normalized spacial score (nSPS) is 18.3. The number of nitrogens with zero attached hydrogens (tertiary/aromatic N) is 2. The molecule has 1 atom stereocenters. The Labute approximate surface area is 135 Å². The highest BCUT2D eigenvalue weighted by atomic mass is 32.2. The summed E-state index contributed by atoms with van der Waals surface area (Å²) in [7, 11) is 0. The molecular weight excluding hydrogens is 306 g/mol. The summed E-state index contributed by atoms with van der Waals surface area (Å²) in [6.45, 7) is 3.38. The average molecular weight is 332 g/mol. The van der Waals surface area contributed by atoms with Crippen LogP contribution >= 0.6 is 34.9 Å². The summed E-state index contributed by atoms with van der Waals surface area (Å²) >= 11 is 5.28. The predicted octanol–water partition coefficient (Wildman–Crippen LogP) is 4.30. The van der Waals surface area contributed by atoms with Crippen LogP contribution in [0.3, 0.4) is 0 Å². The maximum absolute atomic E-state index is 4.27. The van der Waals surface area contributed by atoms with Crippen LogP contribution in [0.5, 0.6) is 0 Å². The van der Waals surface area contributed by atoms with E-state index >= 15 is 0 Å². The van der Waals surface area contributed by atoms with E-state index in [0.29, 0.717) is 6.04 Å². The van der Waals surface area contributed by atoms with Crippen LogP contribution in [-0.4, -0.2) is 34.8 Å². The third-order valence-corrected chi connectivity index (χ3v) is 6.98. The second-order valence-corrected chi connectivity index (χ2v) is 8.61. The smallest absolute Gasteiger partial charge is 0.175 e. The molecule has 114 valence electrons. The van der Waals surface area contributed by atoms with E-state index in [4.69, 9.17) is 0 Å². The van der Waals surface area contributed by atoms with Crippen LogP contribution in [-0.2, 0) is 0 Å². The van der Waals surface area contributed by atoms with Crippen LogP contribution in [0.4, 0.5) is 0 Å². The maximum Gasteiger partial charge on any atom is 0.175 e. The first-order valence-electron chi connectivity index (χ1n) is 7.57. The van der Waals surface area contributed by atoms with Gasteiger partial charge in [0.15, 0.2) is 8.68 Å².